The van der Waals surface area contributed by atoms with Gasteiger partial charge in [-0.3, -0.25) is 4.79 Å². The van der Waals surface area contributed by atoms with Gasteiger partial charge in [-0.2, -0.15) is 0 Å². The molecular formula is C23H30ClFN3NaO4. The maximum Gasteiger partial charge on any atom is 1.00 e. The van der Waals surface area contributed by atoms with E-state index in [4.69, 9.17) is 31.5 Å². The Morgan fingerprint density at radius 1 is 1.30 bits per heavy atom. The minimum atomic E-state index is -0.282. The summed E-state index contributed by atoms with van der Waals surface area (Å²) in [7, 11) is 3.13. The summed E-state index contributed by atoms with van der Waals surface area (Å²) in [5, 5.41) is 3.35. The predicted octanol–water partition coefficient (Wildman–Crippen LogP) is 0.475. The Bertz CT molecular complexity index is 926. The fourth-order valence-electron chi connectivity index (χ4n) is 3.76. The average molecular weight is 490 g/mol. The normalized spacial score (nSPS) is 18.3. The summed E-state index contributed by atoms with van der Waals surface area (Å²) in [6, 6.07) is 8.92. The zero-order chi connectivity index (χ0) is 23.1. The summed E-state index contributed by atoms with van der Waals surface area (Å²) < 4.78 is 29.5. The molecule has 10 heteroatoms. The molecule has 3 rings (SSSR count). The SMILES string of the molecule is COc1cc(N)c(Cl)cc1C(=O)NC1CCN(CCCOc2ccc(F)cc2)CC1OC.[H-].[Na+]. The number of nitrogens with zero attached hydrogens (tertiary/aromatic N) is 1. The molecule has 1 heterocycles. The molecule has 0 saturated carbocycles. The molecule has 1 fully saturated rings. The number of anilines is 1. The van der Waals surface area contributed by atoms with E-state index in [1.54, 1.807) is 25.3 Å². The molecule has 1 aliphatic heterocycles. The monoisotopic (exact) mass is 489 g/mol. The molecular weight excluding hydrogens is 460 g/mol. The van der Waals surface area contributed by atoms with E-state index in [0.29, 0.717) is 40.9 Å². The molecule has 0 spiro atoms. The number of halogens is 2. The van der Waals surface area contributed by atoms with Crippen molar-refractivity contribution in [3.8, 4) is 11.5 Å². The number of ether oxygens (including phenoxy) is 3. The van der Waals surface area contributed by atoms with Gasteiger partial charge in [-0.25, -0.2) is 4.39 Å². The summed E-state index contributed by atoms with van der Waals surface area (Å²) in [6.07, 6.45) is 1.42. The molecule has 33 heavy (non-hydrogen) atoms. The molecule has 1 amide bonds. The summed E-state index contributed by atoms with van der Waals surface area (Å²) in [4.78, 5) is 15.1. The number of hydrogen-bond donors (Lipinski definition) is 2. The number of nitrogens with one attached hydrogen (secondary N) is 1. The second-order valence-electron chi connectivity index (χ2n) is 7.67. The number of likely N-dealkylation sites (tertiary alicyclic amines) is 1. The van der Waals surface area contributed by atoms with Gasteiger partial charge in [-0.1, -0.05) is 11.6 Å². The molecule has 1 saturated heterocycles. The van der Waals surface area contributed by atoms with Crippen LogP contribution in [0, 0.1) is 5.82 Å². The third-order valence-corrected chi connectivity index (χ3v) is 5.85. The minimum absolute atomic E-state index is 0. The van der Waals surface area contributed by atoms with Crippen LogP contribution in [0.2, 0.25) is 5.02 Å². The van der Waals surface area contributed by atoms with E-state index in [9.17, 15) is 9.18 Å². The second kappa shape index (κ2) is 13.4. The first kappa shape index (κ1) is 27.7. The average Bonchev–Trinajstić information content (AvgIpc) is 2.80. The Balaban J connectivity index is 0.00000289. The van der Waals surface area contributed by atoms with Crippen LogP contribution in [0.25, 0.3) is 0 Å². The Labute approximate surface area is 222 Å². The van der Waals surface area contributed by atoms with Crippen molar-refractivity contribution in [1.29, 1.82) is 0 Å². The van der Waals surface area contributed by atoms with Crippen LogP contribution >= 0.6 is 11.6 Å². The first-order chi connectivity index (χ1) is 15.4. The van der Waals surface area contributed by atoms with E-state index in [2.05, 4.69) is 10.2 Å². The molecule has 0 aromatic heterocycles. The van der Waals surface area contributed by atoms with Crippen LogP contribution in [-0.2, 0) is 4.74 Å². The molecule has 2 unspecified atom stereocenters. The van der Waals surface area contributed by atoms with Crippen molar-refractivity contribution in [3.63, 3.8) is 0 Å². The summed E-state index contributed by atoms with van der Waals surface area (Å²) in [5.74, 6) is 0.463. The number of carbonyl (C=O) groups excluding carboxylic acids is 1. The van der Waals surface area contributed by atoms with E-state index < -0.39 is 0 Å². The molecule has 1 aliphatic rings. The van der Waals surface area contributed by atoms with Gasteiger partial charge in [0.05, 0.1) is 42.1 Å². The van der Waals surface area contributed by atoms with Crippen LogP contribution in [0.3, 0.4) is 0 Å². The van der Waals surface area contributed by atoms with Crippen LogP contribution in [0.1, 0.15) is 24.6 Å². The fourth-order valence-corrected chi connectivity index (χ4v) is 3.92. The van der Waals surface area contributed by atoms with Crippen molar-refractivity contribution >= 4 is 23.2 Å². The van der Waals surface area contributed by atoms with Crippen LogP contribution in [0.4, 0.5) is 10.1 Å². The van der Waals surface area contributed by atoms with Crippen LogP contribution in [0.15, 0.2) is 36.4 Å². The molecule has 2 aromatic rings. The van der Waals surface area contributed by atoms with E-state index in [1.807, 2.05) is 0 Å². The fraction of sp³-hybridized carbons (Fsp3) is 0.435. The number of hydrogen-bond acceptors (Lipinski definition) is 6. The summed E-state index contributed by atoms with van der Waals surface area (Å²) in [6.45, 7) is 2.89. The zero-order valence-corrected chi connectivity index (χ0v) is 22.0. The largest absolute Gasteiger partial charge is 1.00 e. The van der Waals surface area contributed by atoms with Gasteiger partial charge in [0, 0.05) is 32.8 Å². The predicted molar refractivity (Wildman–Crippen MR) is 123 cm³/mol. The number of rotatable bonds is 9. The van der Waals surface area contributed by atoms with Gasteiger partial charge in [0.15, 0.2) is 0 Å². The Morgan fingerprint density at radius 3 is 2.70 bits per heavy atom. The standard InChI is InChI=1S/C23H29ClFN3O4.Na.H/c1-30-21-13-19(26)18(24)12-17(21)23(29)27-20-8-10-28(14-22(20)31-2)9-3-11-32-16-6-4-15(25)5-7-16;;/h4-7,12-13,20,22H,3,8-11,14,26H2,1-2H3,(H,27,29);;/q;+1;-1. The molecule has 7 nitrogen and oxygen atoms in total. The molecule has 3 N–H and O–H groups in total. The van der Waals surface area contributed by atoms with E-state index in [1.165, 1.54) is 25.3 Å². The van der Waals surface area contributed by atoms with Gasteiger partial charge in [-0.05, 0) is 43.2 Å². The maximum atomic E-state index is 12.9. The van der Waals surface area contributed by atoms with Crippen molar-refractivity contribution in [2.45, 2.75) is 25.0 Å². The summed E-state index contributed by atoms with van der Waals surface area (Å²) in [5.41, 5.74) is 6.49. The summed E-state index contributed by atoms with van der Waals surface area (Å²) >= 11 is 6.09. The zero-order valence-electron chi connectivity index (χ0n) is 20.3. The topological polar surface area (TPSA) is 86.0 Å². The number of nitrogen functional groups attached to an aromatic ring is 1. The van der Waals surface area contributed by atoms with Crippen molar-refractivity contribution in [3.05, 3.63) is 52.8 Å². The van der Waals surface area contributed by atoms with Crippen molar-refractivity contribution in [1.82, 2.24) is 10.2 Å². The molecule has 2 aromatic carbocycles. The van der Waals surface area contributed by atoms with Gasteiger partial charge >= 0.3 is 29.6 Å². The van der Waals surface area contributed by atoms with Crippen molar-refractivity contribution in [2.75, 3.05) is 46.2 Å². The Morgan fingerprint density at radius 2 is 2.03 bits per heavy atom. The first-order valence-corrected chi connectivity index (χ1v) is 10.9. The van der Waals surface area contributed by atoms with E-state index >= 15 is 0 Å². The smallest absolute Gasteiger partial charge is 1.00 e. The number of amides is 1. The quantitative estimate of drug-likeness (QED) is 0.303. The Hall–Kier alpha value is -1.55. The first-order valence-electron chi connectivity index (χ1n) is 10.5. The third-order valence-electron chi connectivity index (χ3n) is 5.53. The van der Waals surface area contributed by atoms with Crippen LogP contribution < -0.4 is 50.1 Å². The van der Waals surface area contributed by atoms with Crippen molar-refractivity contribution in [2.24, 2.45) is 0 Å². The number of methoxy groups -OCH3 is 2. The Kier molecular flexibility index (Phi) is 11.2. The van der Waals surface area contributed by atoms with Gasteiger partial charge in [0.25, 0.3) is 5.91 Å². The molecule has 176 valence electrons. The molecule has 0 aliphatic carbocycles. The molecule has 0 bridgehead atoms. The molecule has 0 radical (unpaired) electrons. The molecule has 2 atom stereocenters. The number of carbonyl (C=O) groups is 1. The van der Waals surface area contributed by atoms with Gasteiger partial charge in [-0.15, -0.1) is 0 Å². The van der Waals surface area contributed by atoms with Gasteiger partial charge < -0.3 is 31.6 Å². The van der Waals surface area contributed by atoms with E-state index in [-0.39, 0.29) is 54.9 Å². The van der Waals surface area contributed by atoms with E-state index in [0.717, 1.165) is 25.9 Å². The number of piperidine rings is 1. The van der Waals surface area contributed by atoms with Gasteiger partial charge in [0.1, 0.15) is 17.3 Å². The second-order valence-corrected chi connectivity index (χ2v) is 8.08. The minimum Gasteiger partial charge on any atom is -1.00 e. The number of benzene rings is 2. The van der Waals surface area contributed by atoms with Gasteiger partial charge in [0.2, 0.25) is 0 Å². The third kappa shape index (κ3) is 7.73. The van der Waals surface area contributed by atoms with Crippen molar-refractivity contribution < 1.29 is 54.4 Å². The maximum absolute atomic E-state index is 12.9. The number of nitrogens with two attached hydrogens (primary N) is 1. The van der Waals surface area contributed by atoms with Crippen LogP contribution in [0.5, 0.6) is 11.5 Å². The van der Waals surface area contributed by atoms with Crippen LogP contribution in [-0.4, -0.2) is 63.4 Å².